The number of non-ortho nitro benzene ring substituents is 1. The molecule has 0 aromatic heterocycles. The van der Waals surface area contributed by atoms with Gasteiger partial charge in [-0.25, -0.2) is 4.79 Å². The van der Waals surface area contributed by atoms with Gasteiger partial charge >= 0.3 is 5.97 Å². The molecule has 114 valence electrons. The molecule has 0 saturated carbocycles. The number of methoxy groups -OCH3 is 1. The Bertz CT molecular complexity index is 525. The van der Waals surface area contributed by atoms with Crippen LogP contribution < -0.4 is 5.32 Å². The van der Waals surface area contributed by atoms with Crippen molar-refractivity contribution in [2.75, 3.05) is 7.11 Å². The zero-order chi connectivity index (χ0) is 16.0. The van der Waals surface area contributed by atoms with Gasteiger partial charge in [-0.2, -0.15) is 0 Å². The highest BCUT2D eigenvalue weighted by atomic mass is 16.6. The molecule has 0 aliphatic rings. The van der Waals surface area contributed by atoms with E-state index in [2.05, 4.69) is 10.1 Å². The molecule has 0 spiro atoms. The van der Waals surface area contributed by atoms with Gasteiger partial charge in [0.05, 0.1) is 18.5 Å². The summed E-state index contributed by atoms with van der Waals surface area (Å²) in [6.07, 6.45) is 0.0399. The van der Waals surface area contributed by atoms with Crippen LogP contribution in [0, 0.1) is 16.0 Å². The highest BCUT2D eigenvalue weighted by Crippen LogP contribution is 2.12. The van der Waals surface area contributed by atoms with E-state index in [9.17, 15) is 19.7 Å². The van der Waals surface area contributed by atoms with Gasteiger partial charge in [-0.1, -0.05) is 26.0 Å². The first-order valence-corrected chi connectivity index (χ1v) is 6.45. The fourth-order valence-electron chi connectivity index (χ4n) is 1.77. The van der Waals surface area contributed by atoms with Crippen LogP contribution in [0.2, 0.25) is 0 Å². The van der Waals surface area contributed by atoms with E-state index in [-0.39, 0.29) is 23.9 Å². The van der Waals surface area contributed by atoms with Gasteiger partial charge in [0.15, 0.2) is 0 Å². The summed E-state index contributed by atoms with van der Waals surface area (Å²) in [4.78, 5) is 33.5. The molecule has 7 heteroatoms. The minimum Gasteiger partial charge on any atom is -0.467 e. The lowest BCUT2D eigenvalue weighted by Gasteiger charge is -2.19. The minimum absolute atomic E-state index is 0.0335. The standard InChI is InChI=1S/C14H18N2O5/c1-9(2)13(14(18)21-3)15-12(17)8-10-4-6-11(7-5-10)16(19)20/h4-7,9,13H,8H2,1-3H3,(H,15,17). The predicted octanol–water partition coefficient (Wildman–Crippen LogP) is 1.45. The maximum atomic E-state index is 11.9. The topological polar surface area (TPSA) is 98.5 Å². The number of hydrogen-bond acceptors (Lipinski definition) is 5. The first kappa shape index (κ1) is 16.6. The molecule has 0 bridgehead atoms. The number of carbonyl (C=O) groups is 2. The highest BCUT2D eigenvalue weighted by Gasteiger charge is 2.24. The summed E-state index contributed by atoms with van der Waals surface area (Å²) < 4.78 is 4.64. The Morgan fingerprint density at radius 3 is 2.29 bits per heavy atom. The van der Waals surface area contributed by atoms with Gasteiger partial charge in [0, 0.05) is 12.1 Å². The summed E-state index contributed by atoms with van der Waals surface area (Å²) in [5.74, 6) is -0.937. The molecule has 0 heterocycles. The molecule has 0 radical (unpaired) electrons. The van der Waals surface area contributed by atoms with Crippen molar-refractivity contribution in [3.8, 4) is 0 Å². The fourth-order valence-corrected chi connectivity index (χ4v) is 1.77. The molecule has 1 atom stereocenters. The Morgan fingerprint density at radius 1 is 1.29 bits per heavy atom. The second-order valence-corrected chi connectivity index (χ2v) is 4.91. The van der Waals surface area contributed by atoms with Crippen LogP contribution in [0.3, 0.4) is 0 Å². The van der Waals surface area contributed by atoms with Crippen molar-refractivity contribution in [2.45, 2.75) is 26.3 Å². The van der Waals surface area contributed by atoms with Gasteiger partial charge in [0.1, 0.15) is 6.04 Å². The maximum Gasteiger partial charge on any atom is 0.328 e. The smallest absolute Gasteiger partial charge is 0.328 e. The van der Waals surface area contributed by atoms with Crippen LogP contribution in [-0.4, -0.2) is 30.0 Å². The molecule has 1 amide bonds. The summed E-state index contributed by atoms with van der Waals surface area (Å²) in [5, 5.41) is 13.1. The minimum atomic E-state index is -0.708. The van der Waals surface area contributed by atoms with E-state index < -0.39 is 16.9 Å². The molecular formula is C14H18N2O5. The summed E-state index contributed by atoms with van der Waals surface area (Å²) in [6, 6.07) is 4.99. The summed E-state index contributed by atoms with van der Waals surface area (Å²) >= 11 is 0. The Morgan fingerprint density at radius 2 is 1.86 bits per heavy atom. The third kappa shape index (κ3) is 4.87. The quantitative estimate of drug-likeness (QED) is 0.486. The van der Waals surface area contributed by atoms with Crippen molar-refractivity contribution in [3.63, 3.8) is 0 Å². The summed E-state index contributed by atoms with van der Waals surface area (Å²) in [5.41, 5.74) is 0.597. The molecule has 1 N–H and O–H groups in total. The maximum absolute atomic E-state index is 11.9. The van der Waals surface area contributed by atoms with Crippen molar-refractivity contribution in [1.29, 1.82) is 0 Å². The second kappa shape index (κ2) is 7.37. The first-order chi connectivity index (χ1) is 9.85. The van der Waals surface area contributed by atoms with E-state index in [1.807, 2.05) is 0 Å². The Kier molecular flexibility index (Phi) is 5.83. The Hall–Kier alpha value is -2.44. The van der Waals surface area contributed by atoms with Crippen molar-refractivity contribution in [1.82, 2.24) is 5.32 Å². The zero-order valence-corrected chi connectivity index (χ0v) is 12.2. The van der Waals surface area contributed by atoms with Crippen LogP contribution in [0.1, 0.15) is 19.4 Å². The molecule has 7 nitrogen and oxygen atoms in total. The summed E-state index contributed by atoms with van der Waals surface area (Å²) in [6.45, 7) is 3.60. The average molecular weight is 294 g/mol. The number of nitro benzene ring substituents is 1. The molecule has 1 rings (SSSR count). The van der Waals surface area contributed by atoms with Gasteiger partial charge in [-0.05, 0) is 11.5 Å². The largest absolute Gasteiger partial charge is 0.467 e. The number of amides is 1. The molecular weight excluding hydrogens is 276 g/mol. The van der Waals surface area contributed by atoms with E-state index in [1.54, 1.807) is 13.8 Å². The fraction of sp³-hybridized carbons (Fsp3) is 0.429. The average Bonchev–Trinajstić information content (AvgIpc) is 2.44. The number of hydrogen-bond donors (Lipinski definition) is 1. The lowest BCUT2D eigenvalue weighted by atomic mass is 10.0. The number of ether oxygens (including phenoxy) is 1. The molecule has 0 saturated heterocycles. The van der Waals surface area contributed by atoms with Crippen LogP contribution >= 0.6 is 0 Å². The Labute approximate surface area is 122 Å². The van der Waals surface area contributed by atoms with Gasteiger partial charge in [-0.3, -0.25) is 14.9 Å². The number of carbonyl (C=O) groups excluding carboxylic acids is 2. The molecule has 1 unspecified atom stereocenters. The van der Waals surface area contributed by atoms with Crippen LogP contribution in [0.25, 0.3) is 0 Å². The van der Waals surface area contributed by atoms with Gasteiger partial charge < -0.3 is 10.1 Å². The third-order valence-corrected chi connectivity index (χ3v) is 2.95. The van der Waals surface area contributed by atoms with Crippen LogP contribution in [-0.2, 0) is 20.7 Å². The van der Waals surface area contributed by atoms with E-state index in [0.29, 0.717) is 5.56 Å². The number of rotatable bonds is 6. The van der Waals surface area contributed by atoms with E-state index >= 15 is 0 Å². The number of nitro groups is 1. The molecule has 0 aliphatic carbocycles. The molecule has 1 aromatic rings. The zero-order valence-electron chi connectivity index (χ0n) is 12.2. The van der Waals surface area contributed by atoms with Crippen LogP contribution in [0.5, 0.6) is 0 Å². The van der Waals surface area contributed by atoms with Crippen molar-refractivity contribution in [2.24, 2.45) is 5.92 Å². The summed E-state index contributed by atoms with van der Waals surface area (Å²) in [7, 11) is 1.26. The first-order valence-electron chi connectivity index (χ1n) is 6.45. The number of benzene rings is 1. The molecule has 0 aliphatic heterocycles. The number of nitrogens with one attached hydrogen (secondary N) is 1. The van der Waals surface area contributed by atoms with E-state index in [0.717, 1.165) is 0 Å². The van der Waals surface area contributed by atoms with Crippen LogP contribution in [0.4, 0.5) is 5.69 Å². The van der Waals surface area contributed by atoms with Crippen molar-refractivity contribution >= 4 is 17.6 Å². The number of nitrogens with zero attached hydrogens (tertiary/aromatic N) is 1. The van der Waals surface area contributed by atoms with Crippen molar-refractivity contribution in [3.05, 3.63) is 39.9 Å². The van der Waals surface area contributed by atoms with E-state index in [1.165, 1.54) is 31.4 Å². The van der Waals surface area contributed by atoms with Crippen LogP contribution in [0.15, 0.2) is 24.3 Å². The second-order valence-electron chi connectivity index (χ2n) is 4.91. The Balaban J connectivity index is 2.67. The van der Waals surface area contributed by atoms with Gasteiger partial charge in [-0.15, -0.1) is 0 Å². The van der Waals surface area contributed by atoms with Gasteiger partial charge in [0.2, 0.25) is 5.91 Å². The normalized spacial score (nSPS) is 11.8. The van der Waals surface area contributed by atoms with Crippen molar-refractivity contribution < 1.29 is 19.2 Å². The predicted molar refractivity (Wildman–Crippen MR) is 75.6 cm³/mol. The molecule has 1 aromatic carbocycles. The van der Waals surface area contributed by atoms with E-state index in [4.69, 9.17) is 0 Å². The lowest BCUT2D eigenvalue weighted by molar-refractivity contribution is -0.384. The molecule has 21 heavy (non-hydrogen) atoms. The SMILES string of the molecule is COC(=O)C(NC(=O)Cc1ccc([N+](=O)[O-])cc1)C(C)C. The molecule has 0 fully saturated rings. The lowest BCUT2D eigenvalue weighted by Crippen LogP contribution is -2.45. The highest BCUT2D eigenvalue weighted by molar-refractivity contribution is 5.85. The number of esters is 1. The monoisotopic (exact) mass is 294 g/mol. The van der Waals surface area contributed by atoms with Gasteiger partial charge in [0.25, 0.3) is 5.69 Å². The third-order valence-electron chi connectivity index (χ3n) is 2.95.